The Morgan fingerprint density at radius 3 is 2.83 bits per heavy atom. The number of rotatable bonds is 10. The normalized spacial score (nSPS) is 11.8. The maximum atomic E-state index is 11.7. The first-order valence-corrected chi connectivity index (χ1v) is 7.95. The van der Waals surface area contributed by atoms with Gasteiger partial charge in [-0.3, -0.25) is 5.10 Å². The average molecular weight is 274 g/mol. The molecule has 104 valence electrons. The van der Waals surface area contributed by atoms with Crippen LogP contribution in [0.1, 0.15) is 31.7 Å². The summed E-state index contributed by atoms with van der Waals surface area (Å²) >= 11 is 0. The van der Waals surface area contributed by atoms with E-state index in [1.165, 1.54) is 0 Å². The van der Waals surface area contributed by atoms with Gasteiger partial charge in [-0.1, -0.05) is 6.92 Å². The predicted octanol–water partition coefficient (Wildman–Crippen LogP) is 0.609. The number of hydrogen-bond acceptors (Lipinski definition) is 4. The Hall–Kier alpha value is -0.920. The van der Waals surface area contributed by atoms with Crippen LogP contribution in [0.3, 0.4) is 0 Å². The van der Waals surface area contributed by atoms with Crippen LogP contribution in [0.4, 0.5) is 0 Å². The Balaban J connectivity index is 2.12. The Morgan fingerprint density at radius 2 is 2.17 bits per heavy atom. The molecule has 18 heavy (non-hydrogen) atoms. The quantitative estimate of drug-likeness (QED) is 0.546. The number of aromatic amines is 1. The summed E-state index contributed by atoms with van der Waals surface area (Å²) < 4.78 is 25.9. The molecule has 0 aliphatic carbocycles. The second-order valence-electron chi connectivity index (χ2n) is 4.20. The zero-order valence-corrected chi connectivity index (χ0v) is 11.6. The summed E-state index contributed by atoms with van der Waals surface area (Å²) in [5.41, 5.74) is 0.836. The smallest absolute Gasteiger partial charge is 0.211 e. The number of unbranched alkanes of at least 4 members (excludes halogenated alkanes) is 1. The van der Waals surface area contributed by atoms with E-state index in [0.717, 1.165) is 31.5 Å². The molecule has 0 aliphatic rings. The van der Waals surface area contributed by atoms with E-state index in [2.05, 4.69) is 27.2 Å². The fourth-order valence-electron chi connectivity index (χ4n) is 1.48. The summed E-state index contributed by atoms with van der Waals surface area (Å²) in [6.45, 7) is 4.28. The van der Waals surface area contributed by atoms with Gasteiger partial charge >= 0.3 is 0 Å². The van der Waals surface area contributed by atoms with Gasteiger partial charge in [-0.15, -0.1) is 0 Å². The van der Waals surface area contributed by atoms with Crippen LogP contribution in [-0.2, 0) is 16.6 Å². The van der Waals surface area contributed by atoms with Crippen molar-refractivity contribution in [1.29, 1.82) is 0 Å². The molecule has 0 saturated heterocycles. The zero-order valence-electron chi connectivity index (χ0n) is 10.8. The molecule has 1 aromatic heterocycles. The first kappa shape index (κ1) is 15.1. The van der Waals surface area contributed by atoms with Crippen LogP contribution in [0.25, 0.3) is 0 Å². The largest absolute Gasteiger partial charge is 0.317 e. The predicted molar refractivity (Wildman–Crippen MR) is 71.6 cm³/mol. The van der Waals surface area contributed by atoms with Crippen LogP contribution in [0.15, 0.2) is 12.4 Å². The number of nitrogens with one attached hydrogen (secondary N) is 3. The van der Waals surface area contributed by atoms with Crippen LogP contribution >= 0.6 is 0 Å². The van der Waals surface area contributed by atoms with E-state index < -0.39 is 10.0 Å². The van der Waals surface area contributed by atoms with Crippen LogP contribution < -0.4 is 10.0 Å². The SMILES string of the molecule is CCCNCCCCS(=O)(=O)NCc1cn[nH]c1. The highest BCUT2D eigenvalue weighted by Gasteiger charge is 2.09. The molecule has 1 aromatic rings. The van der Waals surface area contributed by atoms with E-state index in [1.54, 1.807) is 12.4 Å². The third-order valence-corrected chi connectivity index (χ3v) is 3.90. The van der Waals surface area contributed by atoms with Crippen LogP contribution in [-0.4, -0.2) is 37.5 Å². The Morgan fingerprint density at radius 1 is 1.33 bits per heavy atom. The van der Waals surface area contributed by atoms with Crippen LogP contribution in [0.5, 0.6) is 0 Å². The Bertz CT molecular complexity index is 403. The fourth-order valence-corrected chi connectivity index (χ4v) is 2.60. The lowest BCUT2D eigenvalue weighted by molar-refractivity contribution is 0.572. The van der Waals surface area contributed by atoms with Crippen molar-refractivity contribution < 1.29 is 8.42 Å². The number of hydrogen-bond donors (Lipinski definition) is 3. The molecule has 0 atom stereocenters. The van der Waals surface area contributed by atoms with Crippen molar-refractivity contribution in [1.82, 2.24) is 20.2 Å². The highest BCUT2D eigenvalue weighted by molar-refractivity contribution is 7.89. The highest BCUT2D eigenvalue weighted by Crippen LogP contribution is 1.98. The zero-order chi connectivity index (χ0) is 13.3. The van der Waals surface area contributed by atoms with E-state index in [0.29, 0.717) is 13.0 Å². The van der Waals surface area contributed by atoms with Crippen molar-refractivity contribution in [2.75, 3.05) is 18.8 Å². The summed E-state index contributed by atoms with van der Waals surface area (Å²) in [6.07, 6.45) is 5.95. The number of H-pyrrole nitrogens is 1. The minimum Gasteiger partial charge on any atom is -0.317 e. The van der Waals surface area contributed by atoms with Gasteiger partial charge in [-0.2, -0.15) is 5.10 Å². The first-order valence-electron chi connectivity index (χ1n) is 6.30. The van der Waals surface area contributed by atoms with Gasteiger partial charge in [-0.25, -0.2) is 13.1 Å². The molecule has 3 N–H and O–H groups in total. The van der Waals surface area contributed by atoms with E-state index in [1.807, 2.05) is 0 Å². The van der Waals surface area contributed by atoms with Gasteiger partial charge in [0.1, 0.15) is 0 Å². The maximum Gasteiger partial charge on any atom is 0.211 e. The lowest BCUT2D eigenvalue weighted by Crippen LogP contribution is -2.26. The molecule has 0 fully saturated rings. The molecule has 1 rings (SSSR count). The van der Waals surface area contributed by atoms with Crippen molar-refractivity contribution in [2.24, 2.45) is 0 Å². The minimum absolute atomic E-state index is 0.179. The first-order chi connectivity index (χ1) is 8.64. The Kier molecular flexibility index (Phi) is 6.92. The van der Waals surface area contributed by atoms with Crippen molar-refractivity contribution in [3.63, 3.8) is 0 Å². The average Bonchev–Trinajstić information content (AvgIpc) is 2.84. The molecule has 0 spiro atoms. The summed E-state index contributed by atoms with van der Waals surface area (Å²) in [7, 11) is -3.17. The lowest BCUT2D eigenvalue weighted by atomic mass is 10.3. The van der Waals surface area contributed by atoms with E-state index in [-0.39, 0.29) is 5.75 Å². The molecule has 7 heteroatoms. The summed E-state index contributed by atoms with van der Waals surface area (Å²) in [6, 6.07) is 0. The van der Waals surface area contributed by atoms with Crippen molar-refractivity contribution >= 4 is 10.0 Å². The van der Waals surface area contributed by atoms with Gasteiger partial charge < -0.3 is 5.32 Å². The monoisotopic (exact) mass is 274 g/mol. The van der Waals surface area contributed by atoms with Gasteiger partial charge in [0.15, 0.2) is 0 Å². The van der Waals surface area contributed by atoms with Gasteiger partial charge in [0.2, 0.25) is 10.0 Å². The Labute approximate surface area is 109 Å². The molecule has 1 heterocycles. The molecule has 0 aliphatic heterocycles. The standard InChI is InChI=1S/C11H22N4O2S/c1-2-5-12-6-3-4-7-18(16,17)15-10-11-8-13-14-9-11/h8-9,12,15H,2-7,10H2,1H3,(H,13,14). The molecule has 0 radical (unpaired) electrons. The number of sulfonamides is 1. The summed E-state index contributed by atoms with van der Waals surface area (Å²) in [5, 5.41) is 9.65. The van der Waals surface area contributed by atoms with Gasteiger partial charge in [0.05, 0.1) is 11.9 Å². The van der Waals surface area contributed by atoms with Crippen molar-refractivity contribution in [2.45, 2.75) is 32.7 Å². The minimum atomic E-state index is -3.17. The third kappa shape index (κ3) is 6.73. The van der Waals surface area contributed by atoms with Gasteiger partial charge in [-0.05, 0) is 32.4 Å². The molecule has 0 aromatic carbocycles. The topological polar surface area (TPSA) is 86.9 Å². The number of nitrogens with zero attached hydrogens (tertiary/aromatic N) is 1. The highest BCUT2D eigenvalue weighted by atomic mass is 32.2. The molecule has 0 bridgehead atoms. The van der Waals surface area contributed by atoms with E-state index >= 15 is 0 Å². The van der Waals surface area contributed by atoms with Crippen molar-refractivity contribution in [3.8, 4) is 0 Å². The molecule has 6 nitrogen and oxygen atoms in total. The molecular weight excluding hydrogens is 252 g/mol. The van der Waals surface area contributed by atoms with Gasteiger partial charge in [0, 0.05) is 18.3 Å². The van der Waals surface area contributed by atoms with Crippen LogP contribution in [0, 0.1) is 0 Å². The third-order valence-electron chi connectivity index (χ3n) is 2.49. The van der Waals surface area contributed by atoms with Gasteiger partial charge in [0.25, 0.3) is 0 Å². The van der Waals surface area contributed by atoms with E-state index in [4.69, 9.17) is 0 Å². The molecule has 0 unspecified atom stereocenters. The summed E-state index contributed by atoms with van der Waals surface area (Å²) in [4.78, 5) is 0. The summed E-state index contributed by atoms with van der Waals surface area (Å²) in [5.74, 6) is 0.179. The molecule has 0 saturated carbocycles. The maximum absolute atomic E-state index is 11.7. The van der Waals surface area contributed by atoms with Crippen LogP contribution in [0.2, 0.25) is 0 Å². The lowest BCUT2D eigenvalue weighted by Gasteiger charge is -2.06. The second-order valence-corrected chi connectivity index (χ2v) is 6.13. The van der Waals surface area contributed by atoms with Crippen molar-refractivity contribution in [3.05, 3.63) is 18.0 Å². The van der Waals surface area contributed by atoms with E-state index in [9.17, 15) is 8.42 Å². The second kappa shape index (κ2) is 8.23. The fraction of sp³-hybridized carbons (Fsp3) is 0.727. The number of aromatic nitrogens is 2. The molecule has 0 amide bonds. The molecular formula is C11H22N4O2S.